The number of rotatable bonds is 8. The van der Waals surface area contributed by atoms with Crippen molar-refractivity contribution in [2.75, 3.05) is 26.2 Å². The van der Waals surface area contributed by atoms with E-state index in [2.05, 4.69) is 9.88 Å². The largest absolute Gasteiger partial charge is 0.507 e. The van der Waals surface area contributed by atoms with E-state index < -0.39 is 22.7 Å². The summed E-state index contributed by atoms with van der Waals surface area (Å²) in [6.45, 7) is 6.32. The predicted octanol–water partition coefficient (Wildman–Crippen LogP) is 2.75. The Balaban J connectivity index is 2.13. The van der Waals surface area contributed by atoms with Gasteiger partial charge in [0.15, 0.2) is 0 Å². The molecule has 0 saturated carbocycles. The van der Waals surface area contributed by atoms with Crippen LogP contribution in [0.3, 0.4) is 0 Å². The molecule has 9 nitrogen and oxygen atoms in total. The van der Waals surface area contributed by atoms with Gasteiger partial charge in [-0.3, -0.25) is 24.7 Å². The monoisotopic (exact) mass is 424 g/mol. The second kappa shape index (κ2) is 9.48. The molecule has 9 heteroatoms. The highest BCUT2D eigenvalue weighted by atomic mass is 16.6. The number of likely N-dealkylation sites (N-methyl/N-ethyl adjacent to an activating group) is 1. The number of carbonyl (C=O) groups excluding carboxylic acids is 2. The fraction of sp³-hybridized carbons (Fsp3) is 0.318. The zero-order valence-corrected chi connectivity index (χ0v) is 17.4. The molecule has 162 valence electrons. The molecule has 0 aliphatic carbocycles. The van der Waals surface area contributed by atoms with Crippen molar-refractivity contribution >= 4 is 23.1 Å². The van der Waals surface area contributed by atoms with E-state index in [1.807, 2.05) is 13.8 Å². The smallest absolute Gasteiger partial charge is 0.295 e. The van der Waals surface area contributed by atoms with Gasteiger partial charge in [-0.25, -0.2) is 0 Å². The van der Waals surface area contributed by atoms with Crippen LogP contribution in [0.25, 0.3) is 5.76 Å². The number of nitro benzene ring substituents is 1. The predicted molar refractivity (Wildman–Crippen MR) is 114 cm³/mol. The van der Waals surface area contributed by atoms with Crippen LogP contribution < -0.4 is 0 Å². The molecule has 1 saturated heterocycles. The summed E-state index contributed by atoms with van der Waals surface area (Å²) in [6.07, 6.45) is 2.93. The molecular formula is C22H24N4O5. The van der Waals surface area contributed by atoms with Gasteiger partial charge in [-0.05, 0) is 30.8 Å². The average Bonchev–Trinajstić information content (AvgIpc) is 3.05. The summed E-state index contributed by atoms with van der Waals surface area (Å²) in [5, 5.41) is 22.2. The van der Waals surface area contributed by atoms with Crippen LogP contribution in [0.15, 0.2) is 54.4 Å². The van der Waals surface area contributed by atoms with Crippen molar-refractivity contribution in [3.63, 3.8) is 0 Å². The van der Waals surface area contributed by atoms with Crippen LogP contribution in [0.4, 0.5) is 5.69 Å². The molecule has 31 heavy (non-hydrogen) atoms. The SMILES string of the molecule is CCN(CC)CCN1C(=O)C(=O)/C(=C(/O)c2ccncc2)[C@H]1c1cccc([N+](=O)[O-])c1. The number of Topliss-reactive ketones (excluding diaryl/α,β-unsaturated/α-hetero) is 1. The van der Waals surface area contributed by atoms with E-state index >= 15 is 0 Å². The lowest BCUT2D eigenvalue weighted by molar-refractivity contribution is -0.384. The fourth-order valence-electron chi connectivity index (χ4n) is 3.72. The van der Waals surface area contributed by atoms with Gasteiger partial charge < -0.3 is 14.9 Å². The number of nitro groups is 1. The molecule has 1 aromatic heterocycles. The van der Waals surface area contributed by atoms with Gasteiger partial charge in [0.05, 0.1) is 16.5 Å². The van der Waals surface area contributed by atoms with Gasteiger partial charge in [0.2, 0.25) is 0 Å². The van der Waals surface area contributed by atoms with E-state index in [4.69, 9.17) is 0 Å². The molecule has 1 atom stereocenters. The maximum Gasteiger partial charge on any atom is 0.295 e. The van der Waals surface area contributed by atoms with Crippen molar-refractivity contribution in [3.05, 3.63) is 75.6 Å². The summed E-state index contributed by atoms with van der Waals surface area (Å²) in [7, 11) is 0. The van der Waals surface area contributed by atoms with Gasteiger partial charge >= 0.3 is 0 Å². The minimum atomic E-state index is -0.927. The van der Waals surface area contributed by atoms with Crippen LogP contribution in [-0.4, -0.2) is 62.7 Å². The number of non-ortho nitro benzene ring substituents is 1. The summed E-state index contributed by atoms with van der Waals surface area (Å²) in [5.74, 6) is -1.88. The molecule has 2 aromatic rings. The molecule has 0 unspecified atom stereocenters. The maximum absolute atomic E-state index is 12.9. The van der Waals surface area contributed by atoms with Crippen LogP contribution in [0.2, 0.25) is 0 Å². The zero-order valence-electron chi connectivity index (χ0n) is 17.4. The Labute approximate surface area is 179 Å². The number of amides is 1. The number of aliphatic hydroxyl groups is 1. The summed E-state index contributed by atoms with van der Waals surface area (Å²) in [6, 6.07) is 7.93. The summed E-state index contributed by atoms with van der Waals surface area (Å²) in [4.78, 5) is 44.0. The summed E-state index contributed by atoms with van der Waals surface area (Å²) >= 11 is 0. The Morgan fingerprint density at radius 3 is 2.48 bits per heavy atom. The lowest BCUT2D eigenvalue weighted by Gasteiger charge is -2.28. The number of hydrogen-bond acceptors (Lipinski definition) is 7. The number of aromatic nitrogens is 1. The molecule has 1 aromatic carbocycles. The third kappa shape index (κ3) is 4.46. The molecule has 2 heterocycles. The van der Waals surface area contributed by atoms with Crippen LogP contribution in [0.5, 0.6) is 0 Å². The van der Waals surface area contributed by atoms with Gasteiger partial charge in [0.25, 0.3) is 17.4 Å². The first-order valence-electron chi connectivity index (χ1n) is 10.0. The topological polar surface area (TPSA) is 117 Å². The van der Waals surface area contributed by atoms with Crippen LogP contribution in [0.1, 0.15) is 31.0 Å². The highest BCUT2D eigenvalue weighted by Gasteiger charge is 2.46. The first kappa shape index (κ1) is 22.1. The van der Waals surface area contributed by atoms with Crippen LogP contribution >= 0.6 is 0 Å². The molecule has 1 aliphatic rings. The number of ketones is 1. The average molecular weight is 424 g/mol. The Morgan fingerprint density at radius 2 is 1.87 bits per heavy atom. The van der Waals surface area contributed by atoms with E-state index in [-0.39, 0.29) is 23.6 Å². The number of hydrogen-bond donors (Lipinski definition) is 1. The van der Waals surface area contributed by atoms with Crippen LogP contribution in [0, 0.1) is 10.1 Å². The van der Waals surface area contributed by atoms with E-state index in [1.54, 1.807) is 6.07 Å². The van der Waals surface area contributed by atoms with Crippen molar-refractivity contribution in [2.24, 2.45) is 0 Å². The first-order valence-corrected chi connectivity index (χ1v) is 10.0. The second-order valence-corrected chi connectivity index (χ2v) is 7.11. The Morgan fingerprint density at radius 1 is 1.19 bits per heavy atom. The van der Waals surface area contributed by atoms with E-state index in [1.165, 1.54) is 47.6 Å². The molecule has 1 amide bonds. The number of nitrogens with zero attached hydrogens (tertiary/aromatic N) is 4. The van der Waals surface area contributed by atoms with Crippen molar-refractivity contribution in [1.82, 2.24) is 14.8 Å². The number of benzene rings is 1. The quantitative estimate of drug-likeness (QED) is 0.228. The molecule has 0 radical (unpaired) electrons. The summed E-state index contributed by atoms with van der Waals surface area (Å²) in [5.41, 5.74) is 0.489. The molecule has 1 N–H and O–H groups in total. The molecule has 0 spiro atoms. The molecule has 0 bridgehead atoms. The Kier molecular flexibility index (Phi) is 6.76. The van der Waals surface area contributed by atoms with E-state index in [0.29, 0.717) is 17.7 Å². The Hall–Kier alpha value is -3.59. The zero-order chi connectivity index (χ0) is 22.5. The third-order valence-corrected chi connectivity index (χ3v) is 5.44. The number of carbonyl (C=O) groups is 2. The molecule has 1 aliphatic heterocycles. The van der Waals surface area contributed by atoms with Crippen molar-refractivity contribution in [2.45, 2.75) is 19.9 Å². The highest BCUT2D eigenvalue weighted by molar-refractivity contribution is 6.46. The third-order valence-electron chi connectivity index (χ3n) is 5.44. The van der Waals surface area contributed by atoms with E-state index in [9.17, 15) is 24.8 Å². The van der Waals surface area contributed by atoms with Crippen molar-refractivity contribution in [3.8, 4) is 0 Å². The lowest BCUT2D eigenvalue weighted by atomic mass is 9.95. The van der Waals surface area contributed by atoms with E-state index in [0.717, 1.165) is 13.1 Å². The van der Waals surface area contributed by atoms with Gasteiger partial charge in [-0.15, -0.1) is 0 Å². The first-order chi connectivity index (χ1) is 14.9. The van der Waals surface area contributed by atoms with Crippen molar-refractivity contribution in [1.29, 1.82) is 0 Å². The second-order valence-electron chi connectivity index (χ2n) is 7.11. The lowest BCUT2D eigenvalue weighted by Crippen LogP contribution is -2.38. The number of pyridine rings is 1. The minimum absolute atomic E-state index is 0.0868. The molecule has 3 rings (SSSR count). The Bertz CT molecular complexity index is 1020. The normalized spacial score (nSPS) is 18.0. The van der Waals surface area contributed by atoms with Gasteiger partial charge in [-0.2, -0.15) is 0 Å². The number of aliphatic hydroxyl groups excluding tert-OH is 1. The minimum Gasteiger partial charge on any atom is -0.507 e. The van der Waals surface area contributed by atoms with Crippen molar-refractivity contribution < 1.29 is 19.6 Å². The standard InChI is InChI=1S/C22H24N4O5/c1-3-24(4-2)12-13-25-19(16-6-5-7-17(14-16)26(30)31)18(21(28)22(25)29)20(27)15-8-10-23-11-9-15/h5-11,14,19,27H,3-4,12-13H2,1-2H3/b20-18+/t19-/m1/s1. The van der Waals surface area contributed by atoms with Crippen LogP contribution in [-0.2, 0) is 9.59 Å². The highest BCUT2D eigenvalue weighted by Crippen LogP contribution is 2.40. The molecular weight excluding hydrogens is 400 g/mol. The number of likely N-dealkylation sites (tertiary alicyclic amines) is 1. The molecule has 1 fully saturated rings. The fourth-order valence-corrected chi connectivity index (χ4v) is 3.72. The maximum atomic E-state index is 12.9. The van der Waals surface area contributed by atoms with Gasteiger partial charge in [0, 0.05) is 43.2 Å². The van der Waals surface area contributed by atoms with Gasteiger partial charge in [-0.1, -0.05) is 26.0 Å². The van der Waals surface area contributed by atoms with Gasteiger partial charge in [0.1, 0.15) is 5.76 Å². The summed E-state index contributed by atoms with van der Waals surface area (Å²) < 4.78 is 0.